The fraction of sp³-hybridized carbons (Fsp3) is 0.750. The molecule has 4 fully saturated rings. The quantitative estimate of drug-likeness (QED) is 0.459. The average molecular weight is 252 g/mol. The molecule has 2 aliphatic heterocycles. The number of fused-ring (bicyclic) bond motifs is 8. The molecule has 0 radical (unpaired) electrons. The first-order chi connectivity index (χ1) is 8.58. The SMILES string of the molecule is O=C1CC2C3CC(C4C(=O)OC(=O)C34)C2C(O)O1. The van der Waals surface area contributed by atoms with Crippen LogP contribution in [0.15, 0.2) is 0 Å². The Morgan fingerprint density at radius 1 is 1.00 bits per heavy atom. The lowest BCUT2D eigenvalue weighted by Crippen LogP contribution is -2.47. The van der Waals surface area contributed by atoms with Gasteiger partial charge in [-0.2, -0.15) is 0 Å². The molecule has 0 spiro atoms. The number of hydrogen-bond donors (Lipinski definition) is 1. The van der Waals surface area contributed by atoms with E-state index in [-0.39, 0.29) is 30.1 Å². The number of carbonyl (C=O) groups excluding carboxylic acids is 3. The number of esters is 3. The monoisotopic (exact) mass is 252 g/mol. The predicted molar refractivity (Wildman–Crippen MR) is 53.4 cm³/mol. The fourth-order valence-electron chi connectivity index (χ4n) is 4.62. The highest BCUT2D eigenvalue weighted by atomic mass is 16.6. The van der Waals surface area contributed by atoms with Gasteiger partial charge in [-0.05, 0) is 24.2 Å². The van der Waals surface area contributed by atoms with Crippen molar-refractivity contribution in [1.82, 2.24) is 0 Å². The molecule has 18 heavy (non-hydrogen) atoms. The summed E-state index contributed by atoms with van der Waals surface area (Å²) < 4.78 is 9.53. The van der Waals surface area contributed by atoms with Crippen LogP contribution in [0.1, 0.15) is 12.8 Å². The van der Waals surface area contributed by atoms with Crippen LogP contribution in [0.3, 0.4) is 0 Å². The third-order valence-electron chi connectivity index (χ3n) is 5.12. The summed E-state index contributed by atoms with van der Waals surface area (Å²) in [5.74, 6) is -2.57. The second kappa shape index (κ2) is 3.12. The lowest BCUT2D eigenvalue weighted by atomic mass is 9.67. The minimum Gasteiger partial charge on any atom is -0.436 e. The van der Waals surface area contributed by atoms with E-state index in [0.717, 1.165) is 0 Å². The van der Waals surface area contributed by atoms with E-state index < -0.39 is 36.0 Å². The first kappa shape index (κ1) is 10.5. The third kappa shape index (κ3) is 1.05. The van der Waals surface area contributed by atoms with Crippen LogP contribution in [-0.2, 0) is 23.9 Å². The third-order valence-corrected chi connectivity index (χ3v) is 5.12. The maximum absolute atomic E-state index is 11.7. The van der Waals surface area contributed by atoms with E-state index in [0.29, 0.717) is 6.42 Å². The first-order valence-corrected chi connectivity index (χ1v) is 6.21. The van der Waals surface area contributed by atoms with Crippen molar-refractivity contribution in [2.45, 2.75) is 19.1 Å². The summed E-state index contributed by atoms with van der Waals surface area (Å²) >= 11 is 0. The van der Waals surface area contributed by atoms with Gasteiger partial charge in [0.15, 0.2) is 0 Å². The van der Waals surface area contributed by atoms with E-state index in [1.54, 1.807) is 0 Å². The fourth-order valence-corrected chi connectivity index (χ4v) is 4.62. The van der Waals surface area contributed by atoms with Gasteiger partial charge in [0, 0.05) is 12.3 Å². The van der Waals surface area contributed by atoms with Crippen LogP contribution in [-0.4, -0.2) is 29.3 Å². The largest absolute Gasteiger partial charge is 0.436 e. The van der Waals surface area contributed by atoms with Gasteiger partial charge in [-0.3, -0.25) is 14.4 Å². The van der Waals surface area contributed by atoms with Crippen molar-refractivity contribution in [2.24, 2.45) is 35.5 Å². The number of aliphatic hydroxyl groups is 1. The average Bonchev–Trinajstić information content (AvgIpc) is 2.90. The Hall–Kier alpha value is -1.43. The molecule has 2 bridgehead atoms. The highest BCUT2D eigenvalue weighted by Crippen LogP contribution is 2.63. The predicted octanol–water partition coefficient (Wildman–Crippen LogP) is -0.550. The van der Waals surface area contributed by atoms with Crippen LogP contribution >= 0.6 is 0 Å². The summed E-state index contributed by atoms with van der Waals surface area (Å²) in [5.41, 5.74) is 0. The number of cyclic esters (lactones) is 3. The van der Waals surface area contributed by atoms with Gasteiger partial charge in [0.05, 0.1) is 11.8 Å². The van der Waals surface area contributed by atoms with E-state index in [4.69, 9.17) is 9.47 Å². The van der Waals surface area contributed by atoms with E-state index in [2.05, 4.69) is 0 Å². The van der Waals surface area contributed by atoms with Crippen LogP contribution in [0.5, 0.6) is 0 Å². The van der Waals surface area contributed by atoms with Gasteiger partial charge in [0.2, 0.25) is 6.29 Å². The molecule has 2 heterocycles. The molecule has 96 valence electrons. The van der Waals surface area contributed by atoms with Crippen LogP contribution in [0.4, 0.5) is 0 Å². The molecule has 0 aromatic heterocycles. The van der Waals surface area contributed by atoms with Crippen molar-refractivity contribution in [3.8, 4) is 0 Å². The highest BCUT2D eigenvalue weighted by molar-refractivity contribution is 5.97. The molecule has 2 saturated heterocycles. The zero-order valence-electron chi connectivity index (χ0n) is 9.44. The van der Waals surface area contributed by atoms with Gasteiger partial charge in [-0.15, -0.1) is 0 Å². The molecule has 4 rings (SSSR count). The second-order valence-electron chi connectivity index (χ2n) is 5.68. The molecule has 7 unspecified atom stereocenters. The zero-order valence-corrected chi connectivity index (χ0v) is 9.44. The Morgan fingerprint density at radius 3 is 2.39 bits per heavy atom. The van der Waals surface area contributed by atoms with E-state index >= 15 is 0 Å². The Kier molecular flexibility index (Phi) is 1.82. The van der Waals surface area contributed by atoms with Crippen molar-refractivity contribution >= 4 is 17.9 Å². The number of rotatable bonds is 0. The van der Waals surface area contributed by atoms with E-state index in [1.807, 2.05) is 0 Å². The van der Waals surface area contributed by atoms with Crippen molar-refractivity contribution in [1.29, 1.82) is 0 Å². The Labute approximate surface area is 102 Å². The molecular formula is C12H12O6. The number of hydrogen-bond acceptors (Lipinski definition) is 6. The number of carbonyl (C=O) groups is 3. The summed E-state index contributed by atoms with van der Waals surface area (Å²) in [5, 5.41) is 9.86. The molecule has 6 nitrogen and oxygen atoms in total. The normalized spacial score (nSPS) is 52.9. The van der Waals surface area contributed by atoms with Gasteiger partial charge >= 0.3 is 17.9 Å². The van der Waals surface area contributed by atoms with Crippen molar-refractivity contribution in [2.75, 3.05) is 0 Å². The van der Waals surface area contributed by atoms with Gasteiger partial charge in [-0.1, -0.05) is 0 Å². The topological polar surface area (TPSA) is 89.9 Å². The molecule has 2 aliphatic carbocycles. The first-order valence-electron chi connectivity index (χ1n) is 6.21. The molecule has 7 atom stereocenters. The van der Waals surface area contributed by atoms with Crippen molar-refractivity contribution in [3.05, 3.63) is 0 Å². The summed E-state index contributed by atoms with van der Waals surface area (Å²) in [6, 6.07) is 0. The second-order valence-corrected chi connectivity index (χ2v) is 5.68. The Balaban J connectivity index is 1.74. The summed E-state index contributed by atoms with van der Waals surface area (Å²) in [6.07, 6.45) is -0.206. The van der Waals surface area contributed by atoms with Gasteiger partial charge in [0.25, 0.3) is 0 Å². The maximum Gasteiger partial charge on any atom is 0.317 e. The standard InChI is InChI=1S/C12H12O6/c13-6-2-4-3-1-5(7(4)10(14)17-6)9-8(3)11(15)18-12(9)16/h3-5,7-10,14H,1-2H2. The van der Waals surface area contributed by atoms with Crippen molar-refractivity contribution in [3.63, 3.8) is 0 Å². The number of ether oxygens (including phenoxy) is 2. The molecule has 2 saturated carbocycles. The van der Waals surface area contributed by atoms with E-state index in [1.165, 1.54) is 0 Å². The molecule has 4 aliphatic rings. The lowest BCUT2D eigenvalue weighted by Gasteiger charge is -2.40. The van der Waals surface area contributed by atoms with Gasteiger partial charge < -0.3 is 14.6 Å². The minimum atomic E-state index is -1.14. The molecule has 0 aromatic carbocycles. The van der Waals surface area contributed by atoms with Crippen LogP contribution in [0.2, 0.25) is 0 Å². The van der Waals surface area contributed by atoms with Gasteiger partial charge in [0.1, 0.15) is 0 Å². The summed E-state index contributed by atoms with van der Waals surface area (Å²) in [7, 11) is 0. The molecule has 0 amide bonds. The Bertz CT molecular complexity index is 471. The maximum atomic E-state index is 11.7. The highest BCUT2D eigenvalue weighted by Gasteiger charge is 2.69. The Morgan fingerprint density at radius 2 is 1.67 bits per heavy atom. The molecule has 1 N–H and O–H groups in total. The van der Waals surface area contributed by atoms with Crippen molar-refractivity contribution < 1.29 is 29.0 Å². The van der Waals surface area contributed by atoms with E-state index in [9.17, 15) is 19.5 Å². The lowest BCUT2D eigenvalue weighted by molar-refractivity contribution is -0.206. The van der Waals surface area contributed by atoms with Crippen LogP contribution in [0.25, 0.3) is 0 Å². The smallest absolute Gasteiger partial charge is 0.317 e. The van der Waals surface area contributed by atoms with Crippen LogP contribution < -0.4 is 0 Å². The molecule has 6 heteroatoms. The molecule has 0 aromatic rings. The van der Waals surface area contributed by atoms with Crippen LogP contribution in [0, 0.1) is 35.5 Å². The number of aliphatic hydroxyl groups excluding tert-OH is 1. The summed E-state index contributed by atoms with van der Waals surface area (Å²) in [6.45, 7) is 0. The zero-order chi connectivity index (χ0) is 12.6. The summed E-state index contributed by atoms with van der Waals surface area (Å²) in [4.78, 5) is 34.7. The molecular weight excluding hydrogens is 240 g/mol. The van der Waals surface area contributed by atoms with Gasteiger partial charge in [-0.25, -0.2) is 0 Å². The minimum absolute atomic E-state index is 0.0218.